The molecule has 0 radical (unpaired) electrons. The van der Waals surface area contributed by atoms with Crippen LogP contribution in [0, 0.1) is 0 Å². The third-order valence-corrected chi connectivity index (χ3v) is 2.96. The molecule has 2 nitrogen and oxygen atoms in total. The Bertz CT molecular complexity index is 285. The maximum Gasteiger partial charge on any atom is 0.105 e. The summed E-state index contributed by atoms with van der Waals surface area (Å²) in [4.78, 5) is 0. The summed E-state index contributed by atoms with van der Waals surface area (Å²) < 4.78 is 0. The third-order valence-electron chi connectivity index (χ3n) is 2.96. The van der Waals surface area contributed by atoms with Crippen LogP contribution >= 0.6 is 0 Å². The molecule has 1 saturated carbocycles. The highest BCUT2D eigenvalue weighted by atomic mass is 16.3. The van der Waals surface area contributed by atoms with Gasteiger partial charge in [0.25, 0.3) is 0 Å². The number of aliphatic hydroxyl groups is 1. The van der Waals surface area contributed by atoms with Crippen LogP contribution in [0.1, 0.15) is 24.8 Å². The fraction of sp³-hybridized carbons (Fsp3) is 0.455. The zero-order chi connectivity index (χ0) is 9.31. The van der Waals surface area contributed by atoms with Crippen LogP contribution in [0.4, 0.5) is 0 Å². The molecule has 0 aromatic heterocycles. The molecule has 0 amide bonds. The van der Waals surface area contributed by atoms with Crippen LogP contribution in [-0.4, -0.2) is 11.1 Å². The van der Waals surface area contributed by atoms with Crippen molar-refractivity contribution in [3.63, 3.8) is 0 Å². The second kappa shape index (κ2) is 3.13. The minimum Gasteiger partial charge on any atom is -0.384 e. The van der Waals surface area contributed by atoms with E-state index in [1.807, 2.05) is 30.3 Å². The fourth-order valence-electron chi connectivity index (χ4n) is 2.10. The standard InChI is InChI=1S/C11H15NO/c12-10-7-4-8-11(10,13)9-5-2-1-3-6-9/h1-3,5-6,10,13H,4,7-8,12H2. The lowest BCUT2D eigenvalue weighted by Crippen LogP contribution is -2.40. The van der Waals surface area contributed by atoms with Gasteiger partial charge in [0.15, 0.2) is 0 Å². The number of nitrogens with two attached hydrogens (primary N) is 1. The van der Waals surface area contributed by atoms with Gasteiger partial charge in [0.05, 0.1) is 0 Å². The van der Waals surface area contributed by atoms with Crippen LogP contribution in [-0.2, 0) is 5.60 Å². The molecule has 1 aliphatic carbocycles. The Hall–Kier alpha value is -0.860. The molecule has 0 heterocycles. The molecule has 1 aliphatic rings. The van der Waals surface area contributed by atoms with Gasteiger partial charge >= 0.3 is 0 Å². The fourth-order valence-corrected chi connectivity index (χ4v) is 2.10. The van der Waals surface area contributed by atoms with Gasteiger partial charge in [0, 0.05) is 6.04 Å². The van der Waals surface area contributed by atoms with E-state index in [1.165, 1.54) is 0 Å². The normalized spacial score (nSPS) is 33.5. The molecule has 2 rings (SSSR count). The first-order valence-electron chi connectivity index (χ1n) is 4.77. The van der Waals surface area contributed by atoms with E-state index in [2.05, 4.69) is 0 Å². The molecule has 1 aromatic carbocycles. The molecule has 2 heteroatoms. The van der Waals surface area contributed by atoms with E-state index in [0.717, 1.165) is 24.8 Å². The third kappa shape index (κ3) is 1.36. The van der Waals surface area contributed by atoms with Crippen molar-refractivity contribution in [2.24, 2.45) is 5.73 Å². The lowest BCUT2D eigenvalue weighted by atomic mass is 9.89. The van der Waals surface area contributed by atoms with Crippen molar-refractivity contribution in [1.29, 1.82) is 0 Å². The molecule has 1 aromatic rings. The molecule has 0 saturated heterocycles. The van der Waals surface area contributed by atoms with Gasteiger partial charge in [0.1, 0.15) is 5.60 Å². The van der Waals surface area contributed by atoms with Crippen LogP contribution in [0.25, 0.3) is 0 Å². The predicted octanol–water partition coefficient (Wildman–Crippen LogP) is 1.39. The van der Waals surface area contributed by atoms with E-state index in [0.29, 0.717) is 0 Å². The molecule has 0 aliphatic heterocycles. The Morgan fingerprint density at radius 1 is 1.31 bits per heavy atom. The van der Waals surface area contributed by atoms with Gasteiger partial charge in [0.2, 0.25) is 0 Å². The van der Waals surface area contributed by atoms with Gasteiger partial charge in [-0.05, 0) is 24.8 Å². The van der Waals surface area contributed by atoms with Crippen LogP contribution in [0.2, 0.25) is 0 Å². The molecule has 0 bridgehead atoms. The van der Waals surface area contributed by atoms with E-state index in [-0.39, 0.29) is 6.04 Å². The van der Waals surface area contributed by atoms with Crippen LogP contribution < -0.4 is 5.73 Å². The van der Waals surface area contributed by atoms with E-state index >= 15 is 0 Å². The van der Waals surface area contributed by atoms with Crippen LogP contribution in [0.5, 0.6) is 0 Å². The zero-order valence-electron chi connectivity index (χ0n) is 7.61. The first kappa shape index (κ1) is 8.73. The molecule has 3 N–H and O–H groups in total. The van der Waals surface area contributed by atoms with Crippen LogP contribution in [0.15, 0.2) is 30.3 Å². The first-order chi connectivity index (χ1) is 6.23. The number of rotatable bonds is 1. The minimum absolute atomic E-state index is 0.102. The summed E-state index contributed by atoms with van der Waals surface area (Å²) in [6.07, 6.45) is 2.73. The molecule has 70 valence electrons. The molecule has 1 fully saturated rings. The average molecular weight is 177 g/mol. The van der Waals surface area contributed by atoms with Gasteiger partial charge in [-0.3, -0.25) is 0 Å². The van der Waals surface area contributed by atoms with E-state index in [9.17, 15) is 5.11 Å². The van der Waals surface area contributed by atoms with Gasteiger partial charge in [-0.1, -0.05) is 30.3 Å². The van der Waals surface area contributed by atoms with E-state index in [4.69, 9.17) is 5.73 Å². The Kier molecular flexibility index (Phi) is 2.10. The summed E-state index contributed by atoms with van der Waals surface area (Å²) >= 11 is 0. The summed E-state index contributed by atoms with van der Waals surface area (Å²) in [6, 6.07) is 9.63. The maximum atomic E-state index is 10.3. The summed E-state index contributed by atoms with van der Waals surface area (Å²) in [5.74, 6) is 0. The van der Waals surface area contributed by atoms with Crippen molar-refractivity contribution in [3.8, 4) is 0 Å². The Morgan fingerprint density at radius 2 is 2.00 bits per heavy atom. The molecule has 2 atom stereocenters. The molecule has 13 heavy (non-hydrogen) atoms. The lowest BCUT2D eigenvalue weighted by molar-refractivity contribution is 0.0282. The number of hydrogen-bond donors (Lipinski definition) is 2. The zero-order valence-corrected chi connectivity index (χ0v) is 7.61. The van der Waals surface area contributed by atoms with E-state index < -0.39 is 5.60 Å². The summed E-state index contributed by atoms with van der Waals surface area (Å²) in [5.41, 5.74) is 6.08. The monoisotopic (exact) mass is 177 g/mol. The maximum absolute atomic E-state index is 10.3. The van der Waals surface area contributed by atoms with Gasteiger partial charge in [-0.25, -0.2) is 0 Å². The molecule has 2 unspecified atom stereocenters. The SMILES string of the molecule is NC1CCCC1(O)c1ccccc1. The van der Waals surface area contributed by atoms with Crippen molar-refractivity contribution in [1.82, 2.24) is 0 Å². The second-order valence-electron chi connectivity index (χ2n) is 3.79. The van der Waals surface area contributed by atoms with Gasteiger partial charge < -0.3 is 10.8 Å². The van der Waals surface area contributed by atoms with Crippen LogP contribution in [0.3, 0.4) is 0 Å². The Labute approximate surface area is 78.4 Å². The van der Waals surface area contributed by atoms with Gasteiger partial charge in [-0.15, -0.1) is 0 Å². The highest BCUT2D eigenvalue weighted by molar-refractivity contribution is 5.25. The highest BCUT2D eigenvalue weighted by Crippen LogP contribution is 2.37. The van der Waals surface area contributed by atoms with Crippen molar-refractivity contribution < 1.29 is 5.11 Å². The van der Waals surface area contributed by atoms with Gasteiger partial charge in [-0.2, -0.15) is 0 Å². The second-order valence-corrected chi connectivity index (χ2v) is 3.79. The molecular formula is C11H15NO. The van der Waals surface area contributed by atoms with Crippen molar-refractivity contribution >= 4 is 0 Å². The number of benzene rings is 1. The topological polar surface area (TPSA) is 46.2 Å². The summed E-state index contributed by atoms with van der Waals surface area (Å²) in [5, 5.41) is 10.3. The van der Waals surface area contributed by atoms with E-state index in [1.54, 1.807) is 0 Å². The first-order valence-corrected chi connectivity index (χ1v) is 4.77. The van der Waals surface area contributed by atoms with Crippen molar-refractivity contribution in [2.75, 3.05) is 0 Å². The Morgan fingerprint density at radius 3 is 2.54 bits per heavy atom. The van der Waals surface area contributed by atoms with Crippen molar-refractivity contribution in [3.05, 3.63) is 35.9 Å². The molecular weight excluding hydrogens is 162 g/mol. The predicted molar refractivity (Wildman–Crippen MR) is 52.2 cm³/mol. The van der Waals surface area contributed by atoms with Crippen molar-refractivity contribution in [2.45, 2.75) is 30.9 Å². The minimum atomic E-state index is -0.777. The highest BCUT2D eigenvalue weighted by Gasteiger charge is 2.39. The summed E-state index contributed by atoms with van der Waals surface area (Å²) in [6.45, 7) is 0. The largest absolute Gasteiger partial charge is 0.384 e. The smallest absolute Gasteiger partial charge is 0.105 e. The Balaban J connectivity index is 2.34. The lowest BCUT2D eigenvalue weighted by Gasteiger charge is -2.27. The molecule has 0 spiro atoms. The average Bonchev–Trinajstić information content (AvgIpc) is 2.50. The quantitative estimate of drug-likeness (QED) is 0.681. The number of hydrogen-bond acceptors (Lipinski definition) is 2. The summed E-state index contributed by atoms with van der Waals surface area (Å²) in [7, 11) is 0.